The summed E-state index contributed by atoms with van der Waals surface area (Å²) >= 11 is 6.04. The van der Waals surface area contributed by atoms with Crippen LogP contribution in [0.5, 0.6) is 5.75 Å². The molecule has 0 bridgehead atoms. The van der Waals surface area contributed by atoms with Crippen molar-refractivity contribution in [3.63, 3.8) is 0 Å². The van der Waals surface area contributed by atoms with Crippen molar-refractivity contribution in [2.45, 2.75) is 0 Å². The molecule has 0 unspecified atom stereocenters. The zero-order valence-corrected chi connectivity index (χ0v) is 9.82. The molecule has 2 rings (SSSR count). The monoisotopic (exact) mass is 237 g/mol. The Morgan fingerprint density at radius 2 is 2.12 bits per heavy atom. The first-order valence-electron chi connectivity index (χ1n) is 4.75. The van der Waals surface area contributed by atoms with E-state index in [9.17, 15) is 0 Å². The Balaban J connectivity index is 2.45. The number of rotatable bonds is 2. The molecule has 1 aromatic heterocycles. The van der Waals surface area contributed by atoms with Crippen molar-refractivity contribution in [2.24, 2.45) is 7.05 Å². The number of nitrogens with zero attached hydrogens (tertiary/aromatic N) is 2. The summed E-state index contributed by atoms with van der Waals surface area (Å²) < 4.78 is 6.70. The number of benzene rings is 1. The molecule has 16 heavy (non-hydrogen) atoms. The lowest BCUT2D eigenvalue weighted by Crippen LogP contribution is -1.96. The van der Waals surface area contributed by atoms with Gasteiger partial charge in [-0.25, -0.2) is 0 Å². The lowest BCUT2D eigenvalue weighted by Gasteiger charge is -2.03. The molecule has 84 valence electrons. The molecule has 4 nitrogen and oxygen atoms in total. The fraction of sp³-hybridized carbons (Fsp3) is 0.182. The van der Waals surface area contributed by atoms with Crippen molar-refractivity contribution in [3.8, 4) is 17.0 Å². The quantitative estimate of drug-likeness (QED) is 0.872. The van der Waals surface area contributed by atoms with Crippen molar-refractivity contribution in [1.82, 2.24) is 9.78 Å². The summed E-state index contributed by atoms with van der Waals surface area (Å²) in [6, 6.07) is 7.31. The van der Waals surface area contributed by atoms with Gasteiger partial charge in [0, 0.05) is 18.7 Å². The number of aromatic nitrogens is 2. The molecular formula is C11H12ClN3O. The predicted molar refractivity (Wildman–Crippen MR) is 64.6 cm³/mol. The summed E-state index contributed by atoms with van der Waals surface area (Å²) in [4.78, 5) is 0. The van der Waals surface area contributed by atoms with E-state index in [1.54, 1.807) is 24.9 Å². The van der Waals surface area contributed by atoms with E-state index in [0.717, 1.165) is 11.3 Å². The van der Waals surface area contributed by atoms with Crippen LogP contribution in [0.15, 0.2) is 24.3 Å². The van der Waals surface area contributed by atoms with Gasteiger partial charge in [0.15, 0.2) is 0 Å². The highest BCUT2D eigenvalue weighted by Gasteiger charge is 2.07. The fourth-order valence-electron chi connectivity index (χ4n) is 1.45. The third-order valence-corrected chi connectivity index (χ3v) is 2.66. The number of anilines is 1. The van der Waals surface area contributed by atoms with Crippen LogP contribution in [0.4, 0.5) is 5.82 Å². The topological polar surface area (TPSA) is 53.1 Å². The Morgan fingerprint density at radius 1 is 1.38 bits per heavy atom. The second-order valence-electron chi connectivity index (χ2n) is 3.43. The Bertz CT molecular complexity index is 502. The number of ether oxygens (including phenoxy) is 1. The molecular weight excluding hydrogens is 226 g/mol. The van der Waals surface area contributed by atoms with Gasteiger partial charge < -0.3 is 10.5 Å². The van der Waals surface area contributed by atoms with Crippen LogP contribution in [0, 0.1) is 0 Å². The maximum absolute atomic E-state index is 6.04. The van der Waals surface area contributed by atoms with Gasteiger partial charge in [-0.2, -0.15) is 5.10 Å². The van der Waals surface area contributed by atoms with Crippen molar-refractivity contribution >= 4 is 17.4 Å². The van der Waals surface area contributed by atoms with E-state index in [-0.39, 0.29) is 0 Å². The number of nitrogens with two attached hydrogens (primary N) is 1. The standard InChI is InChI=1S/C11H12ClN3O/c1-15-11(13)6-9(14-15)7-3-4-10(16-2)8(12)5-7/h3-6H,13H2,1-2H3. The van der Waals surface area contributed by atoms with E-state index in [0.29, 0.717) is 16.6 Å². The Morgan fingerprint density at radius 3 is 2.62 bits per heavy atom. The predicted octanol–water partition coefficient (Wildman–Crippen LogP) is 2.33. The van der Waals surface area contributed by atoms with Crippen LogP contribution in [0.3, 0.4) is 0 Å². The SMILES string of the molecule is COc1ccc(-c2cc(N)n(C)n2)cc1Cl. The molecule has 0 aliphatic rings. The summed E-state index contributed by atoms with van der Waals surface area (Å²) in [5.41, 5.74) is 7.43. The van der Waals surface area contributed by atoms with Crippen LogP contribution in [-0.4, -0.2) is 16.9 Å². The maximum Gasteiger partial charge on any atom is 0.137 e. The minimum atomic E-state index is 0.559. The van der Waals surface area contributed by atoms with Gasteiger partial charge in [0.1, 0.15) is 11.6 Å². The average Bonchev–Trinajstić information content (AvgIpc) is 2.59. The van der Waals surface area contributed by atoms with E-state index in [4.69, 9.17) is 22.1 Å². The van der Waals surface area contributed by atoms with E-state index in [1.807, 2.05) is 18.2 Å². The largest absolute Gasteiger partial charge is 0.495 e. The third-order valence-electron chi connectivity index (χ3n) is 2.36. The van der Waals surface area contributed by atoms with E-state index in [2.05, 4.69) is 5.10 Å². The number of hydrogen-bond acceptors (Lipinski definition) is 3. The summed E-state index contributed by atoms with van der Waals surface area (Å²) in [6.45, 7) is 0. The van der Waals surface area contributed by atoms with Gasteiger partial charge in [0.25, 0.3) is 0 Å². The van der Waals surface area contributed by atoms with Gasteiger partial charge in [-0.05, 0) is 18.2 Å². The zero-order valence-electron chi connectivity index (χ0n) is 9.07. The van der Waals surface area contributed by atoms with Crippen LogP contribution in [0.1, 0.15) is 0 Å². The minimum absolute atomic E-state index is 0.559. The fourth-order valence-corrected chi connectivity index (χ4v) is 1.71. The first kappa shape index (κ1) is 10.8. The van der Waals surface area contributed by atoms with Gasteiger partial charge in [0.2, 0.25) is 0 Å². The molecule has 0 aliphatic carbocycles. The van der Waals surface area contributed by atoms with Crippen molar-refractivity contribution < 1.29 is 4.74 Å². The van der Waals surface area contributed by atoms with Crippen LogP contribution in [0.2, 0.25) is 5.02 Å². The van der Waals surface area contributed by atoms with Gasteiger partial charge >= 0.3 is 0 Å². The average molecular weight is 238 g/mol. The van der Waals surface area contributed by atoms with E-state index in [1.165, 1.54) is 0 Å². The zero-order chi connectivity index (χ0) is 11.7. The highest BCUT2D eigenvalue weighted by Crippen LogP contribution is 2.29. The Kier molecular flexibility index (Phi) is 2.75. The smallest absolute Gasteiger partial charge is 0.137 e. The number of nitrogen functional groups attached to an aromatic ring is 1. The van der Waals surface area contributed by atoms with Crippen molar-refractivity contribution in [1.29, 1.82) is 0 Å². The summed E-state index contributed by atoms with van der Waals surface area (Å²) in [7, 11) is 3.38. The van der Waals surface area contributed by atoms with Gasteiger partial charge in [0.05, 0.1) is 17.8 Å². The second-order valence-corrected chi connectivity index (χ2v) is 3.83. The molecule has 0 saturated heterocycles. The number of methoxy groups -OCH3 is 1. The molecule has 1 aromatic carbocycles. The molecule has 2 N–H and O–H groups in total. The summed E-state index contributed by atoms with van der Waals surface area (Å²) in [5.74, 6) is 1.26. The highest BCUT2D eigenvalue weighted by molar-refractivity contribution is 6.32. The molecule has 0 saturated carbocycles. The molecule has 1 heterocycles. The molecule has 0 fully saturated rings. The first-order valence-corrected chi connectivity index (χ1v) is 5.13. The van der Waals surface area contributed by atoms with Gasteiger partial charge in [-0.15, -0.1) is 0 Å². The van der Waals surface area contributed by atoms with Crippen LogP contribution in [0.25, 0.3) is 11.3 Å². The van der Waals surface area contributed by atoms with Crippen molar-refractivity contribution in [3.05, 3.63) is 29.3 Å². The normalized spacial score (nSPS) is 10.4. The molecule has 2 aromatic rings. The number of aryl methyl sites for hydroxylation is 1. The van der Waals surface area contributed by atoms with E-state index >= 15 is 0 Å². The molecule has 0 amide bonds. The number of hydrogen-bond donors (Lipinski definition) is 1. The van der Waals surface area contributed by atoms with E-state index < -0.39 is 0 Å². The lowest BCUT2D eigenvalue weighted by molar-refractivity contribution is 0.415. The van der Waals surface area contributed by atoms with Gasteiger partial charge in [-0.3, -0.25) is 4.68 Å². The maximum atomic E-state index is 6.04. The Hall–Kier alpha value is -1.68. The molecule has 0 aliphatic heterocycles. The summed E-state index contributed by atoms with van der Waals surface area (Å²) in [6.07, 6.45) is 0. The first-order chi connectivity index (χ1) is 7.61. The number of halogens is 1. The Labute approximate surface area is 98.6 Å². The van der Waals surface area contributed by atoms with Crippen molar-refractivity contribution in [2.75, 3.05) is 12.8 Å². The van der Waals surface area contributed by atoms with Gasteiger partial charge in [-0.1, -0.05) is 11.6 Å². The molecule has 5 heteroatoms. The molecule has 0 atom stereocenters. The highest BCUT2D eigenvalue weighted by atomic mass is 35.5. The molecule has 0 radical (unpaired) electrons. The summed E-state index contributed by atoms with van der Waals surface area (Å²) in [5, 5.41) is 4.83. The van der Waals surface area contributed by atoms with Crippen LogP contribution >= 0.6 is 11.6 Å². The lowest BCUT2D eigenvalue weighted by atomic mass is 10.1. The third kappa shape index (κ3) is 1.84. The van der Waals surface area contributed by atoms with Crippen LogP contribution < -0.4 is 10.5 Å². The van der Waals surface area contributed by atoms with Crippen LogP contribution in [-0.2, 0) is 7.05 Å². The second kappa shape index (κ2) is 4.06. The molecule has 0 spiro atoms. The minimum Gasteiger partial charge on any atom is -0.495 e.